The quantitative estimate of drug-likeness (QED) is 0.622. The molecule has 0 spiro atoms. The topological polar surface area (TPSA) is 123 Å². The monoisotopic (exact) mass is 282 g/mol. The maximum atomic E-state index is 12.1. The SMILES string of the molecule is O=C(O)Cc1c([N+](=O)[O-])c[nH]c(=O)c1OC(F)(F)F. The van der Waals surface area contributed by atoms with Gasteiger partial charge in [0.05, 0.1) is 23.1 Å². The van der Waals surface area contributed by atoms with E-state index in [0.717, 1.165) is 0 Å². The Morgan fingerprint density at radius 1 is 1.53 bits per heavy atom. The van der Waals surface area contributed by atoms with E-state index in [1.807, 2.05) is 0 Å². The van der Waals surface area contributed by atoms with Crippen molar-refractivity contribution in [1.29, 1.82) is 0 Å². The number of carbonyl (C=O) groups is 1. The van der Waals surface area contributed by atoms with Crippen molar-refractivity contribution in [2.24, 2.45) is 0 Å². The number of aromatic nitrogens is 1. The Hall–Kier alpha value is -2.59. The fraction of sp³-hybridized carbons (Fsp3) is 0.250. The van der Waals surface area contributed by atoms with E-state index in [1.165, 1.54) is 0 Å². The Morgan fingerprint density at radius 3 is 2.53 bits per heavy atom. The summed E-state index contributed by atoms with van der Waals surface area (Å²) in [6, 6.07) is 0. The van der Waals surface area contributed by atoms with Crippen LogP contribution in [-0.2, 0) is 11.2 Å². The van der Waals surface area contributed by atoms with Crippen molar-refractivity contribution in [2.75, 3.05) is 0 Å². The van der Waals surface area contributed by atoms with E-state index in [1.54, 1.807) is 4.98 Å². The Morgan fingerprint density at radius 2 is 2.11 bits per heavy atom. The van der Waals surface area contributed by atoms with Crippen molar-refractivity contribution in [2.45, 2.75) is 12.8 Å². The number of aliphatic carboxylic acids is 1. The van der Waals surface area contributed by atoms with E-state index < -0.39 is 46.2 Å². The molecule has 0 bridgehead atoms. The molecule has 104 valence electrons. The largest absolute Gasteiger partial charge is 0.573 e. The number of nitro groups is 1. The second-order valence-corrected chi connectivity index (χ2v) is 3.19. The van der Waals surface area contributed by atoms with E-state index in [9.17, 15) is 32.9 Å². The number of carboxylic acids is 1. The molecule has 0 fully saturated rings. The molecule has 1 aromatic heterocycles. The third-order valence-corrected chi connectivity index (χ3v) is 1.87. The lowest BCUT2D eigenvalue weighted by molar-refractivity contribution is -0.386. The van der Waals surface area contributed by atoms with E-state index in [-0.39, 0.29) is 0 Å². The van der Waals surface area contributed by atoms with Crippen molar-refractivity contribution in [3.05, 3.63) is 32.2 Å². The average Bonchev–Trinajstić information content (AvgIpc) is 2.20. The highest BCUT2D eigenvalue weighted by Crippen LogP contribution is 2.29. The molecule has 2 N–H and O–H groups in total. The van der Waals surface area contributed by atoms with Crippen molar-refractivity contribution in [3.8, 4) is 5.75 Å². The summed E-state index contributed by atoms with van der Waals surface area (Å²) >= 11 is 0. The van der Waals surface area contributed by atoms with Crippen LogP contribution in [0.2, 0.25) is 0 Å². The number of carboxylic acid groups (broad SMARTS) is 1. The van der Waals surface area contributed by atoms with E-state index >= 15 is 0 Å². The van der Waals surface area contributed by atoms with Gasteiger partial charge in [0, 0.05) is 0 Å². The smallest absolute Gasteiger partial charge is 0.481 e. The highest BCUT2D eigenvalue weighted by atomic mass is 19.4. The number of pyridine rings is 1. The van der Waals surface area contributed by atoms with Gasteiger partial charge in [-0.1, -0.05) is 0 Å². The van der Waals surface area contributed by atoms with Gasteiger partial charge < -0.3 is 14.8 Å². The Balaban J connectivity index is 3.48. The lowest BCUT2D eigenvalue weighted by Gasteiger charge is -2.11. The van der Waals surface area contributed by atoms with Crippen molar-refractivity contribution in [1.82, 2.24) is 4.98 Å². The highest BCUT2D eigenvalue weighted by molar-refractivity contribution is 5.73. The molecule has 0 unspecified atom stereocenters. The first-order chi connectivity index (χ1) is 8.61. The number of ether oxygens (including phenoxy) is 1. The number of halogens is 3. The van der Waals surface area contributed by atoms with Gasteiger partial charge in [0.1, 0.15) is 0 Å². The molecule has 0 aliphatic heterocycles. The molecular formula is C8H5F3N2O6. The molecule has 0 radical (unpaired) electrons. The van der Waals surface area contributed by atoms with Gasteiger partial charge in [-0.05, 0) is 0 Å². The van der Waals surface area contributed by atoms with Crippen LogP contribution < -0.4 is 10.3 Å². The summed E-state index contributed by atoms with van der Waals surface area (Å²) in [4.78, 5) is 32.8. The van der Waals surface area contributed by atoms with E-state index in [2.05, 4.69) is 4.74 Å². The second kappa shape index (κ2) is 4.96. The van der Waals surface area contributed by atoms with Crippen LogP contribution in [-0.4, -0.2) is 27.3 Å². The van der Waals surface area contributed by atoms with Gasteiger partial charge in [-0.15, -0.1) is 13.2 Å². The molecule has 0 aliphatic carbocycles. The van der Waals surface area contributed by atoms with Crippen LogP contribution in [0.5, 0.6) is 5.75 Å². The zero-order valence-corrected chi connectivity index (χ0v) is 8.85. The first-order valence-corrected chi connectivity index (χ1v) is 4.48. The summed E-state index contributed by atoms with van der Waals surface area (Å²) in [5, 5.41) is 19.1. The first kappa shape index (κ1) is 14.5. The highest BCUT2D eigenvalue weighted by Gasteiger charge is 2.36. The fourth-order valence-electron chi connectivity index (χ4n) is 1.25. The van der Waals surface area contributed by atoms with Crippen LogP contribution in [0, 0.1) is 10.1 Å². The maximum absolute atomic E-state index is 12.1. The van der Waals surface area contributed by atoms with Crippen molar-refractivity contribution in [3.63, 3.8) is 0 Å². The number of nitrogens with one attached hydrogen (secondary N) is 1. The Bertz CT molecular complexity index is 579. The normalized spacial score (nSPS) is 11.1. The molecule has 0 saturated carbocycles. The van der Waals surface area contributed by atoms with Crippen LogP contribution in [0.3, 0.4) is 0 Å². The molecular weight excluding hydrogens is 277 g/mol. The number of H-pyrrole nitrogens is 1. The van der Waals surface area contributed by atoms with Crippen LogP contribution in [0.25, 0.3) is 0 Å². The molecule has 19 heavy (non-hydrogen) atoms. The van der Waals surface area contributed by atoms with Gasteiger partial charge in [-0.25, -0.2) is 0 Å². The minimum Gasteiger partial charge on any atom is -0.481 e. The molecule has 1 heterocycles. The number of hydrogen-bond donors (Lipinski definition) is 2. The van der Waals surface area contributed by atoms with Crippen LogP contribution in [0.4, 0.5) is 18.9 Å². The Kier molecular flexibility index (Phi) is 3.77. The van der Waals surface area contributed by atoms with Gasteiger partial charge in [-0.2, -0.15) is 0 Å². The first-order valence-electron chi connectivity index (χ1n) is 4.48. The molecule has 1 rings (SSSR count). The number of alkyl halides is 3. The van der Waals surface area contributed by atoms with Crippen molar-refractivity contribution >= 4 is 11.7 Å². The molecule has 1 aromatic rings. The van der Waals surface area contributed by atoms with Gasteiger partial charge in [0.15, 0.2) is 0 Å². The predicted molar refractivity (Wildman–Crippen MR) is 51.7 cm³/mol. The lowest BCUT2D eigenvalue weighted by Crippen LogP contribution is -2.25. The minimum absolute atomic E-state index is 0.504. The number of hydrogen-bond acceptors (Lipinski definition) is 5. The zero-order chi connectivity index (χ0) is 14.8. The summed E-state index contributed by atoms with van der Waals surface area (Å²) in [6.07, 6.45) is -5.94. The molecule has 11 heteroatoms. The summed E-state index contributed by atoms with van der Waals surface area (Å²) in [5.41, 5.74) is -3.36. The summed E-state index contributed by atoms with van der Waals surface area (Å²) in [7, 11) is 0. The molecule has 0 amide bonds. The van der Waals surface area contributed by atoms with E-state index in [4.69, 9.17) is 5.11 Å². The Labute approximate surface area is 101 Å². The van der Waals surface area contributed by atoms with Crippen LogP contribution in [0.15, 0.2) is 11.0 Å². The molecule has 8 nitrogen and oxygen atoms in total. The van der Waals surface area contributed by atoms with Gasteiger partial charge in [0.25, 0.3) is 11.2 Å². The second-order valence-electron chi connectivity index (χ2n) is 3.19. The standard InChI is InChI=1S/C8H5F3N2O6/c9-8(10,11)19-6-3(1-5(14)15)4(13(17)18)2-12-7(6)16/h2H,1H2,(H,12,16)(H,14,15). The van der Waals surface area contributed by atoms with E-state index in [0.29, 0.717) is 6.20 Å². The number of aromatic amines is 1. The molecule has 0 aliphatic rings. The van der Waals surface area contributed by atoms with Gasteiger partial charge >= 0.3 is 12.3 Å². The molecule has 0 aromatic carbocycles. The molecule has 0 atom stereocenters. The number of rotatable bonds is 4. The molecule has 0 saturated heterocycles. The minimum atomic E-state index is -5.28. The van der Waals surface area contributed by atoms with Crippen LogP contribution in [0.1, 0.15) is 5.56 Å². The summed E-state index contributed by atoms with van der Waals surface area (Å²) < 4.78 is 39.6. The third-order valence-electron chi connectivity index (χ3n) is 1.87. The lowest BCUT2D eigenvalue weighted by atomic mass is 10.1. The summed E-state index contributed by atoms with van der Waals surface area (Å²) in [6.45, 7) is 0. The predicted octanol–water partition coefficient (Wildman–Crippen LogP) is 0.809. The van der Waals surface area contributed by atoms with Crippen LogP contribution >= 0.6 is 0 Å². The zero-order valence-electron chi connectivity index (χ0n) is 8.85. The fourth-order valence-corrected chi connectivity index (χ4v) is 1.25. The maximum Gasteiger partial charge on any atom is 0.573 e. The van der Waals surface area contributed by atoms with Gasteiger partial charge in [0.2, 0.25) is 5.75 Å². The average molecular weight is 282 g/mol. The number of nitrogens with zero attached hydrogens (tertiary/aromatic N) is 1. The van der Waals surface area contributed by atoms with Gasteiger partial charge in [-0.3, -0.25) is 19.7 Å². The third kappa shape index (κ3) is 3.69. The summed E-state index contributed by atoms with van der Waals surface area (Å²) in [5.74, 6) is -3.11. The van der Waals surface area contributed by atoms with Crippen molar-refractivity contribution < 1.29 is 32.7 Å².